The van der Waals surface area contributed by atoms with Crippen LogP contribution in [0.5, 0.6) is 0 Å². The number of thiazole rings is 1. The van der Waals surface area contributed by atoms with E-state index in [4.69, 9.17) is 0 Å². The lowest BCUT2D eigenvalue weighted by Gasteiger charge is -2.16. The first-order chi connectivity index (χ1) is 8.39. The largest absolute Gasteiger partial charge is 0.376 e. The lowest BCUT2D eigenvalue weighted by molar-refractivity contribution is -0.114. The fraction of sp³-hybridized carbons (Fsp3) is 0.400. The third-order valence-corrected chi connectivity index (χ3v) is 4.38. The van der Waals surface area contributed by atoms with Crippen molar-refractivity contribution in [2.45, 2.75) is 26.4 Å². The summed E-state index contributed by atoms with van der Waals surface area (Å²) in [5.41, 5.74) is -0.435. The fourth-order valence-corrected chi connectivity index (χ4v) is 3.05. The van der Waals surface area contributed by atoms with Gasteiger partial charge in [-0.3, -0.25) is 4.79 Å². The highest BCUT2D eigenvalue weighted by atomic mass is 32.1. The van der Waals surface area contributed by atoms with Gasteiger partial charge >= 0.3 is 0 Å². The predicted molar refractivity (Wildman–Crippen MR) is 69.7 cm³/mol. The minimum absolute atomic E-state index is 0.220. The Labute approximate surface area is 112 Å². The average molecular weight is 284 g/mol. The van der Waals surface area contributed by atoms with E-state index in [9.17, 15) is 9.90 Å². The Morgan fingerprint density at radius 2 is 2.17 bits per heavy atom. The second-order valence-electron chi connectivity index (χ2n) is 3.96. The van der Waals surface area contributed by atoms with Crippen LogP contribution in [0.2, 0.25) is 0 Å². The van der Waals surface area contributed by atoms with E-state index in [2.05, 4.69) is 20.5 Å². The van der Waals surface area contributed by atoms with Gasteiger partial charge in [-0.15, -0.1) is 21.5 Å². The second kappa shape index (κ2) is 4.71. The maximum Gasteiger partial charge on any atom is 0.223 e. The summed E-state index contributed by atoms with van der Waals surface area (Å²) >= 11 is 2.50. The van der Waals surface area contributed by atoms with Crippen LogP contribution in [-0.2, 0) is 10.4 Å². The number of aromatic nitrogens is 3. The van der Waals surface area contributed by atoms with Crippen molar-refractivity contribution < 1.29 is 9.90 Å². The van der Waals surface area contributed by atoms with Gasteiger partial charge in [-0.05, 0) is 13.8 Å². The molecule has 0 fully saturated rings. The molecule has 0 saturated heterocycles. The number of nitrogens with zero attached hydrogens (tertiary/aromatic N) is 3. The van der Waals surface area contributed by atoms with Crippen molar-refractivity contribution in [3.63, 3.8) is 0 Å². The molecule has 2 aromatic heterocycles. The molecule has 0 radical (unpaired) electrons. The van der Waals surface area contributed by atoms with E-state index in [0.29, 0.717) is 15.1 Å². The molecular weight excluding hydrogens is 272 g/mol. The fourth-order valence-electron chi connectivity index (χ4n) is 1.29. The van der Waals surface area contributed by atoms with E-state index in [1.54, 1.807) is 6.92 Å². The van der Waals surface area contributed by atoms with Crippen LogP contribution in [0.1, 0.15) is 29.6 Å². The summed E-state index contributed by atoms with van der Waals surface area (Å²) < 4.78 is 0. The number of nitrogens with one attached hydrogen (secondary N) is 1. The van der Waals surface area contributed by atoms with Gasteiger partial charge in [-0.1, -0.05) is 11.3 Å². The molecule has 0 bridgehead atoms. The van der Waals surface area contributed by atoms with E-state index >= 15 is 0 Å². The molecule has 2 aromatic rings. The minimum Gasteiger partial charge on any atom is -0.376 e. The maximum atomic E-state index is 10.9. The van der Waals surface area contributed by atoms with Gasteiger partial charge in [-0.25, -0.2) is 4.98 Å². The van der Waals surface area contributed by atoms with Crippen molar-refractivity contribution in [3.05, 3.63) is 21.1 Å². The minimum atomic E-state index is -1.28. The molecule has 2 N–H and O–H groups in total. The zero-order valence-corrected chi connectivity index (χ0v) is 11.7. The highest BCUT2D eigenvalue weighted by Crippen LogP contribution is 2.34. The molecule has 18 heavy (non-hydrogen) atoms. The molecule has 2 rings (SSSR count). The number of rotatable bonds is 3. The first-order valence-corrected chi connectivity index (χ1v) is 6.86. The Bertz CT molecular complexity index is 576. The summed E-state index contributed by atoms with van der Waals surface area (Å²) in [5, 5.41) is 23.9. The normalized spacial score (nSPS) is 14.2. The van der Waals surface area contributed by atoms with Gasteiger partial charge in [0, 0.05) is 18.0 Å². The standard InChI is InChI=1S/C10H12N4O2S2/c1-5-4-17-7(11-5)10(3,16)8-13-14-9(18-8)12-6(2)15/h4,16H,1-3H3,(H,12,14,15)/t10-/m0/s1. The van der Waals surface area contributed by atoms with Crippen molar-refractivity contribution >= 4 is 33.7 Å². The first kappa shape index (κ1) is 13.1. The van der Waals surface area contributed by atoms with E-state index in [1.807, 2.05) is 12.3 Å². The molecule has 0 aliphatic carbocycles. The summed E-state index contributed by atoms with van der Waals surface area (Å²) in [6.45, 7) is 4.87. The predicted octanol–water partition coefficient (Wildman–Crippen LogP) is 1.52. The first-order valence-electron chi connectivity index (χ1n) is 5.16. The highest BCUT2D eigenvalue weighted by molar-refractivity contribution is 7.16. The van der Waals surface area contributed by atoms with Gasteiger partial charge < -0.3 is 10.4 Å². The molecule has 1 amide bonds. The highest BCUT2D eigenvalue weighted by Gasteiger charge is 2.33. The lowest BCUT2D eigenvalue weighted by atomic mass is 10.1. The van der Waals surface area contributed by atoms with E-state index in [-0.39, 0.29) is 5.91 Å². The van der Waals surface area contributed by atoms with Crippen molar-refractivity contribution in [3.8, 4) is 0 Å². The van der Waals surface area contributed by atoms with Crippen molar-refractivity contribution in [2.75, 3.05) is 5.32 Å². The lowest BCUT2D eigenvalue weighted by Crippen LogP contribution is -2.22. The summed E-state index contributed by atoms with van der Waals surface area (Å²) in [4.78, 5) is 15.1. The van der Waals surface area contributed by atoms with Crippen LogP contribution < -0.4 is 5.32 Å². The summed E-state index contributed by atoms with van der Waals surface area (Å²) in [5.74, 6) is -0.220. The summed E-state index contributed by atoms with van der Waals surface area (Å²) in [6.07, 6.45) is 0. The number of hydrogen-bond acceptors (Lipinski definition) is 7. The zero-order chi connectivity index (χ0) is 13.3. The van der Waals surface area contributed by atoms with Gasteiger partial charge in [0.25, 0.3) is 0 Å². The third-order valence-electron chi connectivity index (χ3n) is 2.16. The number of carbonyl (C=O) groups excluding carboxylic acids is 1. The Hall–Kier alpha value is -1.38. The molecule has 6 nitrogen and oxygen atoms in total. The SMILES string of the molecule is CC(=O)Nc1nnc([C@@](C)(O)c2nc(C)cs2)s1. The number of hydrogen-bond donors (Lipinski definition) is 2. The molecule has 0 aromatic carbocycles. The average Bonchev–Trinajstić information content (AvgIpc) is 2.86. The van der Waals surface area contributed by atoms with E-state index in [0.717, 1.165) is 17.0 Å². The molecule has 0 spiro atoms. The number of aryl methyl sites for hydroxylation is 1. The topological polar surface area (TPSA) is 88.0 Å². The molecule has 0 unspecified atom stereocenters. The molecule has 8 heteroatoms. The van der Waals surface area contributed by atoms with Gasteiger partial charge in [-0.2, -0.15) is 0 Å². The van der Waals surface area contributed by atoms with Crippen LogP contribution in [0, 0.1) is 6.92 Å². The second-order valence-corrected chi connectivity index (χ2v) is 5.80. The molecule has 0 aliphatic rings. The Morgan fingerprint density at radius 1 is 1.44 bits per heavy atom. The number of aliphatic hydroxyl groups is 1. The van der Waals surface area contributed by atoms with Crippen LogP contribution in [0.15, 0.2) is 5.38 Å². The quantitative estimate of drug-likeness (QED) is 0.892. The van der Waals surface area contributed by atoms with Crippen molar-refractivity contribution in [1.29, 1.82) is 0 Å². The van der Waals surface area contributed by atoms with Gasteiger partial charge in [0.05, 0.1) is 0 Å². The van der Waals surface area contributed by atoms with Gasteiger partial charge in [0.2, 0.25) is 11.0 Å². The Balaban J connectivity index is 2.29. The van der Waals surface area contributed by atoms with Crippen LogP contribution in [0.25, 0.3) is 0 Å². The molecule has 96 valence electrons. The molecule has 0 saturated carbocycles. The molecular formula is C10H12N4O2S2. The number of carbonyl (C=O) groups is 1. The summed E-state index contributed by atoms with van der Waals surface area (Å²) in [7, 11) is 0. The molecule has 0 aliphatic heterocycles. The maximum absolute atomic E-state index is 10.9. The van der Waals surface area contributed by atoms with Crippen LogP contribution in [0.3, 0.4) is 0 Å². The van der Waals surface area contributed by atoms with Crippen LogP contribution in [0.4, 0.5) is 5.13 Å². The van der Waals surface area contributed by atoms with E-state index in [1.165, 1.54) is 18.3 Å². The zero-order valence-electron chi connectivity index (χ0n) is 10.1. The van der Waals surface area contributed by atoms with Gasteiger partial charge in [0.15, 0.2) is 10.6 Å². The van der Waals surface area contributed by atoms with Crippen molar-refractivity contribution in [1.82, 2.24) is 15.2 Å². The Kier molecular flexibility index (Phi) is 3.42. The van der Waals surface area contributed by atoms with Crippen LogP contribution in [-0.4, -0.2) is 26.2 Å². The van der Waals surface area contributed by atoms with Crippen LogP contribution >= 0.6 is 22.7 Å². The summed E-state index contributed by atoms with van der Waals surface area (Å²) in [6, 6.07) is 0. The smallest absolute Gasteiger partial charge is 0.223 e. The number of anilines is 1. The number of amides is 1. The monoisotopic (exact) mass is 284 g/mol. The molecule has 2 heterocycles. The third kappa shape index (κ3) is 2.55. The van der Waals surface area contributed by atoms with Crippen molar-refractivity contribution in [2.24, 2.45) is 0 Å². The van der Waals surface area contributed by atoms with E-state index < -0.39 is 5.60 Å². The molecule has 1 atom stereocenters. The Morgan fingerprint density at radius 3 is 2.72 bits per heavy atom. The van der Waals surface area contributed by atoms with Gasteiger partial charge in [0.1, 0.15) is 5.01 Å².